The summed E-state index contributed by atoms with van der Waals surface area (Å²) < 4.78 is 11.4. The minimum atomic E-state index is -0.187. The van der Waals surface area contributed by atoms with E-state index in [2.05, 4.69) is 47.4 Å². The Kier molecular flexibility index (Phi) is 8.87. The number of hydrogen-bond donors (Lipinski definition) is 1. The van der Waals surface area contributed by atoms with Gasteiger partial charge in [0.05, 0.1) is 13.7 Å². The van der Waals surface area contributed by atoms with Gasteiger partial charge in [-0.05, 0) is 77.4 Å². The van der Waals surface area contributed by atoms with Crippen LogP contribution < -0.4 is 14.8 Å². The van der Waals surface area contributed by atoms with Gasteiger partial charge in [0, 0.05) is 28.4 Å². The van der Waals surface area contributed by atoms with E-state index in [0.717, 1.165) is 38.9 Å². The fourth-order valence-corrected chi connectivity index (χ4v) is 4.88. The van der Waals surface area contributed by atoms with E-state index in [9.17, 15) is 4.79 Å². The van der Waals surface area contributed by atoms with Gasteiger partial charge in [-0.2, -0.15) is 5.11 Å². The standard InChI is InChI=1S/C35H34N4O3/c1-23(2)31-16-15-28(17-24(31)3)38-35(40)26-10-8-12-30(19-26)42-22-27-21-36-34(33-14-6-5-13-32(27)33)39-37-20-25-9-7-11-29(18-25)41-4/h5-19,21,23H,20,22H2,1-4H3,(H,38,40). The average molecular weight is 559 g/mol. The fourth-order valence-electron chi connectivity index (χ4n) is 4.88. The summed E-state index contributed by atoms with van der Waals surface area (Å²) in [5.74, 6) is 2.18. The van der Waals surface area contributed by atoms with Gasteiger partial charge in [0.15, 0.2) is 5.82 Å². The molecule has 1 heterocycles. The maximum Gasteiger partial charge on any atom is 0.255 e. The molecule has 0 atom stereocenters. The molecule has 0 bridgehead atoms. The lowest BCUT2D eigenvalue weighted by Gasteiger charge is -2.13. The minimum absolute atomic E-state index is 0.187. The number of anilines is 1. The van der Waals surface area contributed by atoms with Crippen molar-refractivity contribution in [2.45, 2.75) is 39.8 Å². The molecule has 0 fully saturated rings. The van der Waals surface area contributed by atoms with Crippen LogP contribution in [0.5, 0.6) is 11.5 Å². The summed E-state index contributed by atoms with van der Waals surface area (Å²) in [5.41, 5.74) is 5.63. The predicted molar refractivity (Wildman–Crippen MR) is 167 cm³/mol. The molecule has 5 aromatic rings. The van der Waals surface area contributed by atoms with Crippen molar-refractivity contribution in [1.29, 1.82) is 0 Å². The Morgan fingerprint density at radius 2 is 1.69 bits per heavy atom. The monoisotopic (exact) mass is 558 g/mol. The number of carbonyl (C=O) groups is 1. The lowest BCUT2D eigenvalue weighted by atomic mass is 9.97. The number of nitrogens with zero attached hydrogens (tertiary/aromatic N) is 3. The summed E-state index contributed by atoms with van der Waals surface area (Å²) in [6.45, 7) is 7.10. The van der Waals surface area contributed by atoms with E-state index in [4.69, 9.17) is 9.47 Å². The van der Waals surface area contributed by atoms with Gasteiger partial charge in [-0.3, -0.25) is 4.79 Å². The van der Waals surface area contributed by atoms with E-state index in [1.165, 1.54) is 5.56 Å². The van der Waals surface area contributed by atoms with Gasteiger partial charge in [-0.15, -0.1) is 5.11 Å². The van der Waals surface area contributed by atoms with Crippen molar-refractivity contribution in [3.8, 4) is 11.5 Å². The van der Waals surface area contributed by atoms with E-state index >= 15 is 0 Å². The maximum absolute atomic E-state index is 13.0. The van der Waals surface area contributed by atoms with Crippen LogP contribution in [0.15, 0.2) is 107 Å². The zero-order chi connectivity index (χ0) is 29.5. The molecule has 0 spiro atoms. The van der Waals surface area contributed by atoms with Gasteiger partial charge in [0.1, 0.15) is 18.1 Å². The number of nitrogens with one attached hydrogen (secondary N) is 1. The van der Waals surface area contributed by atoms with E-state index in [0.29, 0.717) is 29.6 Å². The van der Waals surface area contributed by atoms with Gasteiger partial charge >= 0.3 is 0 Å². The largest absolute Gasteiger partial charge is 0.497 e. The highest BCUT2D eigenvalue weighted by Crippen LogP contribution is 2.28. The third kappa shape index (κ3) is 6.81. The summed E-state index contributed by atoms with van der Waals surface area (Å²) in [5, 5.41) is 13.7. The Bertz CT molecular complexity index is 1750. The van der Waals surface area contributed by atoms with E-state index in [1.54, 1.807) is 25.4 Å². The first kappa shape index (κ1) is 28.5. The highest BCUT2D eigenvalue weighted by Gasteiger charge is 2.11. The molecule has 1 amide bonds. The highest BCUT2D eigenvalue weighted by molar-refractivity contribution is 6.04. The lowest BCUT2D eigenvalue weighted by molar-refractivity contribution is 0.102. The van der Waals surface area contributed by atoms with Crippen LogP contribution in [0.25, 0.3) is 10.8 Å². The average Bonchev–Trinajstić information content (AvgIpc) is 3.00. The normalized spacial score (nSPS) is 11.3. The van der Waals surface area contributed by atoms with E-state index in [-0.39, 0.29) is 12.5 Å². The molecule has 0 aliphatic rings. The first-order valence-electron chi connectivity index (χ1n) is 13.9. The predicted octanol–water partition coefficient (Wildman–Crippen LogP) is 8.79. The molecule has 0 aliphatic carbocycles. The van der Waals surface area contributed by atoms with Gasteiger partial charge in [0.2, 0.25) is 0 Å². The second-order valence-corrected chi connectivity index (χ2v) is 10.4. The summed E-state index contributed by atoms with van der Waals surface area (Å²) in [4.78, 5) is 17.6. The summed E-state index contributed by atoms with van der Waals surface area (Å²) in [6, 6.07) is 28.9. The molecule has 7 heteroatoms. The van der Waals surface area contributed by atoms with Crippen LogP contribution in [0.4, 0.5) is 11.5 Å². The number of benzene rings is 4. The number of pyridine rings is 1. The highest BCUT2D eigenvalue weighted by atomic mass is 16.5. The molecule has 1 aromatic heterocycles. The number of carbonyl (C=O) groups excluding carboxylic acids is 1. The number of rotatable bonds is 10. The van der Waals surface area contributed by atoms with Crippen LogP contribution >= 0.6 is 0 Å². The zero-order valence-corrected chi connectivity index (χ0v) is 24.3. The molecule has 212 valence electrons. The first-order chi connectivity index (χ1) is 20.4. The zero-order valence-electron chi connectivity index (χ0n) is 24.3. The summed E-state index contributed by atoms with van der Waals surface area (Å²) in [7, 11) is 1.64. The lowest BCUT2D eigenvalue weighted by Crippen LogP contribution is -2.12. The van der Waals surface area contributed by atoms with Crippen LogP contribution in [0.2, 0.25) is 0 Å². The SMILES string of the molecule is COc1cccc(CN=Nc2ncc(COc3cccc(C(=O)Nc4ccc(C(C)C)c(C)c4)c3)c3ccccc23)c1. The number of aromatic nitrogens is 1. The number of amides is 1. The Labute approximate surface area is 246 Å². The van der Waals surface area contributed by atoms with Crippen LogP contribution in [0.1, 0.15) is 52.4 Å². The minimum Gasteiger partial charge on any atom is -0.497 e. The van der Waals surface area contributed by atoms with Crippen molar-refractivity contribution in [3.63, 3.8) is 0 Å². The van der Waals surface area contributed by atoms with E-state index < -0.39 is 0 Å². The third-order valence-electron chi connectivity index (χ3n) is 7.05. The van der Waals surface area contributed by atoms with Crippen molar-refractivity contribution in [2.75, 3.05) is 12.4 Å². The second-order valence-electron chi connectivity index (χ2n) is 10.4. The molecule has 7 nitrogen and oxygen atoms in total. The molecule has 42 heavy (non-hydrogen) atoms. The van der Waals surface area contributed by atoms with Crippen molar-refractivity contribution < 1.29 is 14.3 Å². The van der Waals surface area contributed by atoms with Gasteiger partial charge in [0.25, 0.3) is 5.91 Å². The molecule has 5 rings (SSSR count). The van der Waals surface area contributed by atoms with Crippen molar-refractivity contribution in [1.82, 2.24) is 4.98 Å². The van der Waals surface area contributed by atoms with Crippen molar-refractivity contribution in [2.24, 2.45) is 10.2 Å². The number of aryl methyl sites for hydroxylation is 1. The number of methoxy groups -OCH3 is 1. The molecule has 0 saturated heterocycles. The molecule has 0 radical (unpaired) electrons. The van der Waals surface area contributed by atoms with Crippen LogP contribution in [-0.2, 0) is 13.2 Å². The van der Waals surface area contributed by atoms with Gasteiger partial charge in [-0.25, -0.2) is 4.98 Å². The number of hydrogen-bond acceptors (Lipinski definition) is 6. The van der Waals surface area contributed by atoms with Gasteiger partial charge < -0.3 is 14.8 Å². The number of azo groups is 1. The topological polar surface area (TPSA) is 85.2 Å². The van der Waals surface area contributed by atoms with E-state index in [1.807, 2.05) is 72.8 Å². The Balaban J connectivity index is 1.27. The Hall–Kier alpha value is -5.04. The fraction of sp³-hybridized carbons (Fsp3) is 0.200. The van der Waals surface area contributed by atoms with Crippen LogP contribution in [0.3, 0.4) is 0 Å². The molecule has 1 N–H and O–H groups in total. The number of fused-ring (bicyclic) bond motifs is 1. The Morgan fingerprint density at radius 1 is 0.905 bits per heavy atom. The van der Waals surface area contributed by atoms with Crippen molar-refractivity contribution >= 4 is 28.2 Å². The van der Waals surface area contributed by atoms with Gasteiger partial charge in [-0.1, -0.05) is 62.4 Å². The van der Waals surface area contributed by atoms with Crippen molar-refractivity contribution in [3.05, 3.63) is 125 Å². The molecule has 0 aliphatic heterocycles. The van der Waals surface area contributed by atoms with Crippen LogP contribution in [-0.4, -0.2) is 18.0 Å². The van der Waals surface area contributed by atoms with Crippen LogP contribution in [0, 0.1) is 6.92 Å². The summed E-state index contributed by atoms with van der Waals surface area (Å²) in [6.07, 6.45) is 1.77. The third-order valence-corrected chi connectivity index (χ3v) is 7.05. The second kappa shape index (κ2) is 13.1. The number of ether oxygens (including phenoxy) is 2. The smallest absolute Gasteiger partial charge is 0.255 e. The quantitative estimate of drug-likeness (QED) is 0.174. The molecular formula is C35H34N4O3. The summed E-state index contributed by atoms with van der Waals surface area (Å²) >= 11 is 0. The maximum atomic E-state index is 13.0. The molecule has 4 aromatic carbocycles. The molecule has 0 saturated carbocycles. The molecule has 0 unspecified atom stereocenters. The first-order valence-corrected chi connectivity index (χ1v) is 13.9. The molecular weight excluding hydrogens is 524 g/mol. The Morgan fingerprint density at radius 3 is 2.48 bits per heavy atom.